The molecule has 0 N–H and O–H groups in total. The number of nitrogens with zero attached hydrogens (tertiary/aromatic N) is 4. The van der Waals surface area contributed by atoms with Gasteiger partial charge in [-0.2, -0.15) is 0 Å². The van der Waals surface area contributed by atoms with E-state index in [0.717, 1.165) is 47.6 Å². The van der Waals surface area contributed by atoms with E-state index in [9.17, 15) is 0 Å². The topological polar surface area (TPSA) is 15.5 Å². The molecule has 4 nitrogen and oxygen atoms in total. The van der Waals surface area contributed by atoms with Gasteiger partial charge in [0.25, 0.3) is 0 Å². The van der Waals surface area contributed by atoms with Gasteiger partial charge >= 0.3 is 0 Å². The molecule has 508 valence electrons. The first-order chi connectivity index (χ1) is 49.2. The summed E-state index contributed by atoms with van der Waals surface area (Å²) in [7, 11) is 8.38. The number of aryl methyl sites for hydroxylation is 8. The second kappa shape index (κ2) is 32.6. The third-order valence-electron chi connectivity index (χ3n) is 19.9. The van der Waals surface area contributed by atoms with Crippen molar-refractivity contribution >= 4 is 0 Å². The van der Waals surface area contributed by atoms with Gasteiger partial charge in [0.15, 0.2) is 24.8 Å². The lowest BCUT2D eigenvalue weighted by Gasteiger charge is -2.18. The average Bonchev–Trinajstić information content (AvgIpc) is 1.23. The minimum atomic E-state index is -1.40. The van der Waals surface area contributed by atoms with Gasteiger partial charge < -0.3 is 0 Å². The van der Waals surface area contributed by atoms with Gasteiger partial charge in [-0.15, -0.1) is 0 Å². The van der Waals surface area contributed by atoms with Crippen molar-refractivity contribution in [2.75, 3.05) is 0 Å². The highest BCUT2D eigenvalue weighted by molar-refractivity contribution is 5.74. The summed E-state index contributed by atoms with van der Waals surface area (Å²) >= 11 is 0. The molecule has 0 saturated heterocycles. The van der Waals surface area contributed by atoms with Crippen molar-refractivity contribution in [2.45, 2.75) is 145 Å². The Labute approximate surface area is 604 Å². The zero-order valence-electron chi connectivity index (χ0n) is 65.1. The lowest BCUT2D eigenvalue weighted by atomic mass is 9.87. The molecule has 4 heterocycles. The van der Waals surface area contributed by atoms with Crippen molar-refractivity contribution < 1.29 is 22.4 Å². The number of hydrogen-bond acceptors (Lipinski definition) is 0. The lowest BCUT2D eigenvalue weighted by Crippen LogP contribution is -2.30. The van der Waals surface area contributed by atoms with Crippen LogP contribution in [0, 0.1) is 38.5 Å². The van der Waals surface area contributed by atoms with Gasteiger partial charge in [0.2, 0.25) is 22.8 Å². The largest absolute Gasteiger partial charge is 0.213 e. The fraction of sp³-hybridized carbons (Fsp3) is 0.292. The molecule has 2 fully saturated rings. The first-order valence-electron chi connectivity index (χ1n) is 37.9. The monoisotopic (exact) mass is 1320 g/mol. The van der Waals surface area contributed by atoms with Gasteiger partial charge in [-0.1, -0.05) is 237 Å². The Bertz CT molecular complexity index is 4880. The molecule has 0 unspecified atom stereocenters. The van der Waals surface area contributed by atoms with Crippen LogP contribution in [0.4, 0.5) is 0 Å². The van der Waals surface area contributed by atoms with Gasteiger partial charge in [0, 0.05) is 74.9 Å². The summed E-state index contributed by atoms with van der Waals surface area (Å²) in [6.07, 6.45) is 18.1. The molecule has 2 saturated carbocycles. The van der Waals surface area contributed by atoms with Crippen molar-refractivity contribution in [3.05, 3.63) is 312 Å². The quantitative estimate of drug-likeness (QED) is 0.108. The Morgan fingerprint density at radius 3 is 0.980 bits per heavy atom. The summed E-state index contributed by atoms with van der Waals surface area (Å²) < 4.78 is 34.6. The highest BCUT2D eigenvalue weighted by Crippen LogP contribution is 2.38. The molecule has 4 heteroatoms. The van der Waals surface area contributed by atoms with E-state index in [0.29, 0.717) is 5.41 Å². The summed E-state index contributed by atoms with van der Waals surface area (Å²) in [6.45, 7) is 21.3. The molecule has 12 aromatic rings. The van der Waals surface area contributed by atoms with E-state index in [1.165, 1.54) is 150 Å². The van der Waals surface area contributed by atoms with Crippen LogP contribution in [0.2, 0.25) is 0 Å². The zero-order valence-corrected chi connectivity index (χ0v) is 62.1. The van der Waals surface area contributed by atoms with Gasteiger partial charge in [0.05, 0.1) is 0 Å². The minimum absolute atomic E-state index is 0.300. The van der Waals surface area contributed by atoms with Gasteiger partial charge in [-0.3, -0.25) is 0 Å². The number of hydrogen-bond donors (Lipinski definition) is 0. The predicted molar refractivity (Wildman–Crippen MR) is 422 cm³/mol. The second-order valence-electron chi connectivity index (χ2n) is 30.3. The molecule has 2 aliphatic rings. The average molecular weight is 1320 g/mol. The van der Waals surface area contributed by atoms with Crippen molar-refractivity contribution in [1.29, 1.82) is 0 Å². The molecule has 0 amide bonds. The Morgan fingerprint density at radius 2 is 0.630 bits per heavy atom. The molecule has 14 rings (SSSR count). The third-order valence-corrected chi connectivity index (χ3v) is 19.9. The molecule has 100 heavy (non-hydrogen) atoms. The smallest absolute Gasteiger partial charge is 0.201 e. The van der Waals surface area contributed by atoms with Crippen molar-refractivity contribution in [1.82, 2.24) is 0 Å². The van der Waals surface area contributed by atoms with E-state index in [1.807, 2.05) is 39.0 Å². The first-order valence-corrected chi connectivity index (χ1v) is 36.4. The molecular formula is C96H108N4+4. The van der Waals surface area contributed by atoms with Crippen LogP contribution in [-0.4, -0.2) is 0 Å². The molecule has 8 aromatic carbocycles. The highest BCUT2D eigenvalue weighted by atomic mass is 14.9. The maximum absolute atomic E-state index is 8.69. The van der Waals surface area contributed by atoms with Crippen LogP contribution < -0.4 is 18.3 Å². The zero-order chi connectivity index (χ0) is 73.2. The SMILES string of the molecule is Cc1ccccc1-c1cc(-c2ccc(C3CCCC3)cc2)cc[n+]1C.Cc1ccccc1-c1cc(-c2cccc(CC(C)(C)C)c2)cc[n+]1C.[2H]C([2H])(c1cccc(-c2cc[n+](C)c(-c3ccccc3C)c2)c1)C(C)(C)C.[2H]C1(c2ccc(-c3cc[n+](C)c(-c4ccccc4C)c3)cc2)CCCC1. The van der Waals surface area contributed by atoms with Crippen LogP contribution in [0.3, 0.4) is 0 Å². The summed E-state index contributed by atoms with van der Waals surface area (Å²) in [5, 5.41) is 0. The fourth-order valence-electron chi connectivity index (χ4n) is 14.4. The van der Waals surface area contributed by atoms with Crippen molar-refractivity contribution in [3.63, 3.8) is 0 Å². The number of aromatic nitrogens is 4. The Hall–Kier alpha value is -9.64. The maximum Gasteiger partial charge on any atom is 0.213 e. The summed E-state index contributed by atoms with van der Waals surface area (Å²) in [5.41, 5.74) is 29.4. The Kier molecular flexibility index (Phi) is 22.0. The van der Waals surface area contributed by atoms with E-state index in [4.69, 9.17) is 4.11 Å². The van der Waals surface area contributed by atoms with Crippen LogP contribution in [0.1, 0.15) is 153 Å². The van der Waals surface area contributed by atoms with Crippen LogP contribution in [0.5, 0.6) is 0 Å². The fourth-order valence-corrected chi connectivity index (χ4v) is 14.4. The molecule has 2 aliphatic carbocycles. The van der Waals surface area contributed by atoms with E-state index in [1.54, 1.807) is 0 Å². The normalized spacial score (nSPS) is 14.1. The van der Waals surface area contributed by atoms with Gasteiger partial charge in [0.1, 0.15) is 28.2 Å². The second-order valence-corrected chi connectivity index (χ2v) is 30.3. The maximum atomic E-state index is 8.69. The van der Waals surface area contributed by atoms with E-state index in [-0.39, 0.29) is 5.89 Å². The van der Waals surface area contributed by atoms with E-state index in [2.05, 4.69) is 344 Å². The Balaban J connectivity index is 0.000000138. The van der Waals surface area contributed by atoms with Crippen molar-refractivity contribution in [2.24, 2.45) is 39.0 Å². The van der Waals surface area contributed by atoms with E-state index < -0.39 is 11.8 Å². The van der Waals surface area contributed by atoms with E-state index >= 15 is 0 Å². The number of rotatable bonds is 12. The third kappa shape index (κ3) is 18.6. The first kappa shape index (κ1) is 67.5. The van der Waals surface area contributed by atoms with Crippen LogP contribution in [-0.2, 0) is 41.0 Å². The molecule has 0 aliphatic heterocycles. The standard InChI is InChI=1S/2C24H26N.2C24H28N/c2*1-18-7-3-6-10-23(18)24-17-22(15-16-25(24)2)21-13-11-20(12-14-21)19-8-4-5-9-19;2*1-18-9-6-7-12-22(18)23-16-21(13-14-25(23)5)20-11-8-10-19(15-20)17-24(2,3)4/h2*3,6-7,10-17,19H,4-5,8-9H2,1-2H3;2*6-16H,17H2,1-5H3/q4*+1/i19D;;17D2;. The lowest BCUT2D eigenvalue weighted by molar-refractivity contribution is -0.660. The van der Waals surface area contributed by atoms with Gasteiger partial charge in [-0.25, -0.2) is 18.3 Å². The Morgan fingerprint density at radius 1 is 0.320 bits per heavy atom. The summed E-state index contributed by atoms with van der Waals surface area (Å²) in [4.78, 5) is 0. The van der Waals surface area contributed by atoms with Gasteiger partial charge in [-0.05, 0) is 202 Å². The van der Waals surface area contributed by atoms with Crippen LogP contribution in [0.15, 0.2) is 267 Å². The summed E-state index contributed by atoms with van der Waals surface area (Å²) in [6, 6.07) is 86.6. The highest BCUT2D eigenvalue weighted by Gasteiger charge is 2.22. The number of benzene rings is 8. The van der Waals surface area contributed by atoms with Crippen LogP contribution >= 0.6 is 0 Å². The number of pyridine rings is 4. The summed E-state index contributed by atoms with van der Waals surface area (Å²) in [5.74, 6) is 0.415. The molecule has 0 spiro atoms. The molecule has 0 bridgehead atoms. The van der Waals surface area contributed by atoms with Crippen LogP contribution in [0.25, 0.3) is 89.5 Å². The van der Waals surface area contributed by atoms with Crippen molar-refractivity contribution in [3.8, 4) is 89.5 Å². The molecule has 4 aromatic heterocycles. The predicted octanol–water partition coefficient (Wildman–Crippen LogP) is 23.1. The molecule has 0 radical (unpaired) electrons. The minimum Gasteiger partial charge on any atom is -0.201 e. The molecular weight excluding hydrogens is 1210 g/mol. The molecule has 0 atom stereocenters.